The van der Waals surface area contributed by atoms with E-state index < -0.39 is 20.3 Å². The zero-order chi connectivity index (χ0) is 29.6. The highest BCUT2D eigenvalue weighted by molar-refractivity contribution is 7.92. The van der Waals surface area contributed by atoms with E-state index in [0.717, 1.165) is 33.4 Å². The van der Waals surface area contributed by atoms with Crippen LogP contribution in [-0.2, 0) is 9.84 Å². The summed E-state index contributed by atoms with van der Waals surface area (Å²) in [6.07, 6.45) is 7.41. The number of rotatable bonds is 10. The Morgan fingerprint density at radius 1 is 0.537 bits per heavy atom. The van der Waals surface area contributed by atoms with Crippen molar-refractivity contribution in [3.8, 4) is 11.5 Å². The average Bonchev–Trinajstić information content (AvgIpc) is 2.92. The molecule has 4 rings (SSSR count). The second-order valence-electron chi connectivity index (χ2n) is 10.5. The summed E-state index contributed by atoms with van der Waals surface area (Å²) in [7, 11) is -0.649. The van der Waals surface area contributed by atoms with Gasteiger partial charge in [-0.25, -0.2) is 8.42 Å². The smallest absolute Gasteiger partial charge is 0.171 e. The summed E-state index contributed by atoms with van der Waals surface area (Å²) in [5.41, 5.74) is 7.77. The molecule has 0 saturated heterocycles. The van der Waals surface area contributed by atoms with Gasteiger partial charge in [-0.2, -0.15) is 0 Å². The van der Waals surface area contributed by atoms with Gasteiger partial charge in [0.05, 0.1) is 14.2 Å². The zero-order valence-corrected chi connectivity index (χ0v) is 25.4. The Morgan fingerprint density at radius 2 is 0.854 bits per heavy atom. The molecule has 0 bridgehead atoms. The number of hydrogen-bond donors (Lipinski definition) is 0. The molecule has 0 saturated carbocycles. The fourth-order valence-electron chi connectivity index (χ4n) is 5.17. The SMILES string of the molecule is COc1ccc(C(/C=C/c2cc(C)cc(C)c2)S(=O)(=O)C(/C=C/c2cc(C)cc(C)c2)c2ccc(OC)cc2)cc1. The molecule has 0 aliphatic rings. The third-order valence-electron chi connectivity index (χ3n) is 7.01. The van der Waals surface area contributed by atoms with Crippen LogP contribution in [0.5, 0.6) is 11.5 Å². The van der Waals surface area contributed by atoms with Crippen LogP contribution in [0.25, 0.3) is 12.2 Å². The highest BCUT2D eigenvalue weighted by atomic mass is 32.2. The molecular weight excluding hydrogens is 528 g/mol. The first-order valence-corrected chi connectivity index (χ1v) is 15.2. The lowest BCUT2D eigenvalue weighted by Gasteiger charge is -2.22. The van der Waals surface area contributed by atoms with Crippen molar-refractivity contribution >= 4 is 22.0 Å². The molecule has 2 atom stereocenters. The molecule has 0 N–H and O–H groups in total. The highest BCUT2D eigenvalue weighted by Crippen LogP contribution is 2.38. The van der Waals surface area contributed by atoms with Gasteiger partial charge < -0.3 is 9.47 Å². The van der Waals surface area contributed by atoms with Crippen LogP contribution in [0.4, 0.5) is 0 Å². The van der Waals surface area contributed by atoms with Crippen LogP contribution in [0.1, 0.15) is 55.0 Å². The molecule has 0 radical (unpaired) electrons. The summed E-state index contributed by atoms with van der Waals surface area (Å²) in [6, 6.07) is 26.9. The monoisotopic (exact) mass is 566 g/mol. The first-order chi connectivity index (χ1) is 19.6. The van der Waals surface area contributed by atoms with E-state index in [1.807, 2.05) is 64.1 Å². The predicted molar refractivity (Wildman–Crippen MR) is 170 cm³/mol. The minimum absolute atomic E-state index is 0.671. The van der Waals surface area contributed by atoms with Gasteiger partial charge in [0.15, 0.2) is 9.84 Å². The summed E-state index contributed by atoms with van der Waals surface area (Å²) in [5, 5.41) is -1.80. The van der Waals surface area contributed by atoms with Gasteiger partial charge in [0.1, 0.15) is 22.0 Å². The molecule has 4 nitrogen and oxygen atoms in total. The molecule has 0 aromatic heterocycles. The zero-order valence-electron chi connectivity index (χ0n) is 24.6. The van der Waals surface area contributed by atoms with Crippen molar-refractivity contribution < 1.29 is 17.9 Å². The van der Waals surface area contributed by atoms with E-state index in [1.165, 1.54) is 0 Å². The average molecular weight is 567 g/mol. The van der Waals surface area contributed by atoms with Crippen molar-refractivity contribution in [1.29, 1.82) is 0 Å². The van der Waals surface area contributed by atoms with Gasteiger partial charge in [-0.3, -0.25) is 0 Å². The van der Waals surface area contributed by atoms with E-state index in [9.17, 15) is 8.42 Å². The number of methoxy groups -OCH3 is 2. The summed E-state index contributed by atoms with van der Waals surface area (Å²) in [4.78, 5) is 0. The topological polar surface area (TPSA) is 52.6 Å². The van der Waals surface area contributed by atoms with Gasteiger partial charge in [-0.05, 0) is 74.2 Å². The Bertz CT molecular complexity index is 1490. The van der Waals surface area contributed by atoms with Crippen LogP contribution < -0.4 is 9.47 Å². The Labute approximate surface area is 244 Å². The maximum atomic E-state index is 14.7. The molecule has 0 heterocycles. The molecule has 41 heavy (non-hydrogen) atoms. The summed E-state index contributed by atoms with van der Waals surface area (Å²) < 4.78 is 40.1. The highest BCUT2D eigenvalue weighted by Gasteiger charge is 2.33. The van der Waals surface area contributed by atoms with E-state index in [2.05, 4.69) is 36.4 Å². The lowest BCUT2D eigenvalue weighted by atomic mass is 10.1. The number of sulfone groups is 1. The van der Waals surface area contributed by atoms with Crippen LogP contribution in [0.2, 0.25) is 0 Å². The first kappa shape index (κ1) is 29.9. The van der Waals surface area contributed by atoms with Gasteiger partial charge >= 0.3 is 0 Å². The fourth-order valence-corrected chi connectivity index (χ4v) is 7.16. The van der Waals surface area contributed by atoms with Crippen molar-refractivity contribution in [3.63, 3.8) is 0 Å². The summed E-state index contributed by atoms with van der Waals surface area (Å²) in [6.45, 7) is 8.16. The number of hydrogen-bond acceptors (Lipinski definition) is 4. The summed E-state index contributed by atoms with van der Waals surface area (Å²) in [5.74, 6) is 1.34. The molecular formula is C36H38O4S. The summed E-state index contributed by atoms with van der Waals surface area (Å²) >= 11 is 0. The normalized spacial score (nSPS) is 13.4. The van der Waals surface area contributed by atoms with Crippen LogP contribution in [0.15, 0.2) is 97.1 Å². The Balaban J connectivity index is 1.86. The number of benzene rings is 4. The van der Waals surface area contributed by atoms with Gasteiger partial charge in [-0.1, -0.05) is 107 Å². The Kier molecular flexibility index (Phi) is 9.51. The minimum Gasteiger partial charge on any atom is -0.497 e. The molecule has 0 amide bonds. The molecule has 0 aliphatic heterocycles. The van der Waals surface area contributed by atoms with Crippen LogP contribution in [0, 0.1) is 27.7 Å². The molecule has 4 aromatic rings. The molecule has 212 valence electrons. The van der Waals surface area contributed by atoms with Crippen molar-refractivity contribution in [2.24, 2.45) is 0 Å². The van der Waals surface area contributed by atoms with Crippen LogP contribution >= 0.6 is 0 Å². The van der Waals surface area contributed by atoms with E-state index in [-0.39, 0.29) is 0 Å². The van der Waals surface area contributed by atoms with Gasteiger partial charge in [0.25, 0.3) is 0 Å². The first-order valence-electron chi connectivity index (χ1n) is 13.6. The maximum Gasteiger partial charge on any atom is 0.171 e. The Morgan fingerprint density at radius 3 is 1.15 bits per heavy atom. The van der Waals surface area contributed by atoms with Crippen LogP contribution in [0.3, 0.4) is 0 Å². The predicted octanol–water partition coefficient (Wildman–Crippen LogP) is 8.56. The number of ether oxygens (including phenoxy) is 2. The van der Waals surface area contributed by atoms with Crippen molar-refractivity contribution in [2.45, 2.75) is 38.2 Å². The molecule has 0 aliphatic carbocycles. The second kappa shape index (κ2) is 13.0. The van der Waals surface area contributed by atoms with Crippen molar-refractivity contribution in [1.82, 2.24) is 0 Å². The molecule has 4 aromatic carbocycles. The molecule has 0 fully saturated rings. The second-order valence-corrected chi connectivity index (χ2v) is 12.7. The van der Waals surface area contributed by atoms with Gasteiger partial charge in [-0.15, -0.1) is 0 Å². The Hall–Kier alpha value is -4.09. The van der Waals surface area contributed by atoms with E-state index in [1.54, 1.807) is 50.6 Å². The standard InChI is InChI=1S/C36H38O4S/c1-25-19-26(2)22-29(21-25)7-17-35(31-9-13-33(39-5)14-10-31)41(37,38)36(32-11-15-34(40-6)16-12-32)18-8-30-23-27(3)20-28(4)24-30/h7-24,35-36H,1-6H3/b17-7+,18-8+. The van der Waals surface area contributed by atoms with Crippen LogP contribution in [-0.4, -0.2) is 22.6 Å². The molecule has 0 spiro atoms. The lowest BCUT2D eigenvalue weighted by molar-refractivity contribution is 0.414. The van der Waals surface area contributed by atoms with Crippen molar-refractivity contribution in [2.75, 3.05) is 14.2 Å². The third kappa shape index (κ3) is 7.56. The van der Waals surface area contributed by atoms with Crippen molar-refractivity contribution in [3.05, 3.63) is 142 Å². The van der Waals surface area contributed by atoms with Gasteiger partial charge in [0, 0.05) is 0 Å². The molecule has 5 heteroatoms. The molecule has 2 unspecified atom stereocenters. The third-order valence-corrected chi connectivity index (χ3v) is 9.29. The van der Waals surface area contributed by atoms with Gasteiger partial charge in [0.2, 0.25) is 0 Å². The fraction of sp³-hybridized carbons (Fsp3) is 0.222. The lowest BCUT2D eigenvalue weighted by Crippen LogP contribution is -2.19. The quantitative estimate of drug-likeness (QED) is 0.193. The number of aryl methyl sites for hydroxylation is 4. The van der Waals surface area contributed by atoms with E-state index in [4.69, 9.17) is 9.47 Å². The minimum atomic E-state index is -3.84. The largest absolute Gasteiger partial charge is 0.497 e. The maximum absolute atomic E-state index is 14.7. The van der Waals surface area contributed by atoms with E-state index in [0.29, 0.717) is 22.6 Å². The van der Waals surface area contributed by atoms with E-state index >= 15 is 0 Å².